The highest BCUT2D eigenvalue weighted by molar-refractivity contribution is 7.99. The second-order valence-corrected chi connectivity index (χ2v) is 9.13. The fourth-order valence-corrected chi connectivity index (χ4v) is 4.39. The van der Waals surface area contributed by atoms with Crippen molar-refractivity contribution < 1.29 is 0 Å². The molecule has 1 rings (SSSR count). The molecule has 0 radical (unpaired) electrons. The van der Waals surface area contributed by atoms with Gasteiger partial charge in [-0.2, -0.15) is 0 Å². The fraction of sp³-hybridized carbons (Fsp3) is 0.760. The van der Waals surface area contributed by atoms with Crippen LogP contribution in [0.5, 0.6) is 0 Å². The maximum absolute atomic E-state index is 2.30. The summed E-state index contributed by atoms with van der Waals surface area (Å²) < 4.78 is 0. The summed E-state index contributed by atoms with van der Waals surface area (Å²) in [4.78, 5) is 1.43. The van der Waals surface area contributed by atoms with E-state index in [0.717, 1.165) is 0 Å². The molecule has 1 aromatic carbocycles. The number of unbranched alkanes of at least 4 members (excludes halogenated alkanes) is 15. The van der Waals surface area contributed by atoms with E-state index in [1.165, 1.54) is 119 Å². The highest BCUT2D eigenvalue weighted by Crippen LogP contribution is 2.20. The molecule has 0 spiro atoms. The average Bonchev–Trinajstić information content (AvgIpc) is 2.66. The molecule has 1 aromatic rings. The summed E-state index contributed by atoms with van der Waals surface area (Å²) in [5, 5.41) is 0. The van der Waals surface area contributed by atoms with E-state index in [1.54, 1.807) is 0 Å². The van der Waals surface area contributed by atoms with Gasteiger partial charge >= 0.3 is 0 Å². The lowest BCUT2D eigenvalue weighted by Crippen LogP contribution is -1.85. The molecule has 0 saturated carbocycles. The van der Waals surface area contributed by atoms with Crippen LogP contribution in [0.25, 0.3) is 0 Å². The fourth-order valence-electron chi connectivity index (χ4n) is 3.47. The zero-order chi connectivity index (χ0) is 18.7. The lowest BCUT2D eigenvalue weighted by molar-refractivity contribution is 0.531. The van der Waals surface area contributed by atoms with Gasteiger partial charge in [-0.1, -0.05) is 121 Å². The van der Waals surface area contributed by atoms with Crippen molar-refractivity contribution >= 4 is 11.8 Å². The first kappa shape index (κ1) is 23.6. The molecule has 150 valence electrons. The summed E-state index contributed by atoms with van der Waals surface area (Å²) in [7, 11) is 0. The van der Waals surface area contributed by atoms with Crippen LogP contribution in [-0.4, -0.2) is 5.75 Å². The first-order chi connectivity index (χ1) is 12.8. The molecule has 0 unspecified atom stereocenters. The van der Waals surface area contributed by atoms with E-state index in [9.17, 15) is 0 Å². The monoisotopic (exact) mass is 376 g/mol. The van der Waals surface area contributed by atoms with Gasteiger partial charge in [0.25, 0.3) is 0 Å². The molecular formula is C25H44S. The second-order valence-electron chi connectivity index (χ2n) is 7.96. The number of benzene rings is 1. The van der Waals surface area contributed by atoms with Crippen LogP contribution in [0.3, 0.4) is 0 Å². The van der Waals surface area contributed by atoms with Crippen molar-refractivity contribution in [2.45, 2.75) is 121 Å². The van der Waals surface area contributed by atoms with Gasteiger partial charge in [-0.05, 0) is 31.2 Å². The molecule has 0 heterocycles. The summed E-state index contributed by atoms with van der Waals surface area (Å²) in [5.74, 6) is 1.28. The Morgan fingerprint density at radius 2 is 0.923 bits per heavy atom. The van der Waals surface area contributed by atoms with Crippen LogP contribution in [0.15, 0.2) is 29.2 Å². The number of aryl methyl sites for hydroxylation is 1. The third-order valence-electron chi connectivity index (χ3n) is 5.29. The molecular weight excluding hydrogens is 332 g/mol. The van der Waals surface area contributed by atoms with Crippen LogP contribution in [0.2, 0.25) is 0 Å². The summed E-state index contributed by atoms with van der Waals surface area (Å²) in [6, 6.07) is 8.95. The van der Waals surface area contributed by atoms with Gasteiger partial charge in [0.1, 0.15) is 0 Å². The van der Waals surface area contributed by atoms with Crippen LogP contribution in [0.1, 0.15) is 115 Å². The molecule has 0 bridgehead atoms. The van der Waals surface area contributed by atoms with E-state index >= 15 is 0 Å². The molecule has 0 aliphatic heterocycles. The van der Waals surface area contributed by atoms with Crippen molar-refractivity contribution in [3.8, 4) is 0 Å². The van der Waals surface area contributed by atoms with Crippen molar-refractivity contribution in [1.82, 2.24) is 0 Å². The Kier molecular flexibility index (Phi) is 16.3. The zero-order valence-corrected chi connectivity index (χ0v) is 18.6. The van der Waals surface area contributed by atoms with Crippen molar-refractivity contribution in [2.24, 2.45) is 0 Å². The van der Waals surface area contributed by atoms with Crippen LogP contribution in [0, 0.1) is 6.92 Å². The Balaban J connectivity index is 1.72. The lowest BCUT2D eigenvalue weighted by atomic mass is 10.0. The zero-order valence-electron chi connectivity index (χ0n) is 17.7. The highest BCUT2D eigenvalue weighted by Gasteiger charge is 1.96. The molecule has 0 amide bonds. The largest absolute Gasteiger partial charge is 0.126 e. The van der Waals surface area contributed by atoms with E-state index in [4.69, 9.17) is 0 Å². The predicted octanol–water partition coefficient (Wildman–Crippen LogP) is 9.35. The van der Waals surface area contributed by atoms with Crippen LogP contribution >= 0.6 is 11.8 Å². The Labute approximate surface area is 168 Å². The predicted molar refractivity (Wildman–Crippen MR) is 121 cm³/mol. The number of hydrogen-bond acceptors (Lipinski definition) is 1. The minimum atomic E-state index is 1.28. The van der Waals surface area contributed by atoms with E-state index in [0.29, 0.717) is 0 Å². The molecule has 0 atom stereocenters. The summed E-state index contributed by atoms with van der Waals surface area (Å²) in [5.41, 5.74) is 1.36. The number of hydrogen-bond donors (Lipinski definition) is 0. The SMILES string of the molecule is CCCCCCCCCCCCCCCCCCSc1ccc(C)cc1. The smallest absolute Gasteiger partial charge is 0.00721 e. The quantitative estimate of drug-likeness (QED) is 0.182. The number of rotatable bonds is 18. The minimum Gasteiger partial charge on any atom is -0.126 e. The van der Waals surface area contributed by atoms with Crippen molar-refractivity contribution in [1.29, 1.82) is 0 Å². The Hall–Kier alpha value is -0.430. The average molecular weight is 377 g/mol. The minimum absolute atomic E-state index is 1.28. The highest BCUT2D eigenvalue weighted by atomic mass is 32.2. The Morgan fingerprint density at radius 3 is 1.35 bits per heavy atom. The van der Waals surface area contributed by atoms with Crippen molar-refractivity contribution in [3.63, 3.8) is 0 Å². The van der Waals surface area contributed by atoms with Crippen LogP contribution in [0.4, 0.5) is 0 Å². The maximum Gasteiger partial charge on any atom is 0.00721 e. The molecule has 0 N–H and O–H groups in total. The first-order valence-corrected chi connectivity index (χ1v) is 12.5. The van der Waals surface area contributed by atoms with Gasteiger partial charge in [0.15, 0.2) is 0 Å². The van der Waals surface area contributed by atoms with E-state index in [2.05, 4.69) is 38.1 Å². The molecule has 0 saturated heterocycles. The maximum atomic E-state index is 2.30. The molecule has 0 aliphatic rings. The topological polar surface area (TPSA) is 0 Å². The van der Waals surface area contributed by atoms with E-state index in [-0.39, 0.29) is 0 Å². The standard InChI is InChI=1S/C25H44S/c1-3-4-5-6-7-8-9-10-11-12-13-14-15-16-17-18-23-26-25-21-19-24(2)20-22-25/h19-22H,3-18,23H2,1-2H3. The molecule has 26 heavy (non-hydrogen) atoms. The molecule has 1 heteroatoms. The van der Waals surface area contributed by atoms with Gasteiger partial charge in [0.05, 0.1) is 0 Å². The van der Waals surface area contributed by atoms with Gasteiger partial charge in [-0.25, -0.2) is 0 Å². The molecule has 0 nitrogen and oxygen atoms in total. The van der Waals surface area contributed by atoms with Gasteiger partial charge in [-0.15, -0.1) is 11.8 Å². The van der Waals surface area contributed by atoms with E-state index < -0.39 is 0 Å². The van der Waals surface area contributed by atoms with Crippen molar-refractivity contribution in [3.05, 3.63) is 29.8 Å². The normalized spacial score (nSPS) is 11.2. The van der Waals surface area contributed by atoms with Crippen LogP contribution in [-0.2, 0) is 0 Å². The first-order valence-electron chi connectivity index (χ1n) is 11.5. The van der Waals surface area contributed by atoms with E-state index in [1.807, 2.05) is 11.8 Å². The summed E-state index contributed by atoms with van der Waals surface area (Å²) in [6.07, 6.45) is 23.2. The Bertz CT molecular complexity index is 395. The third-order valence-corrected chi connectivity index (χ3v) is 6.39. The lowest BCUT2D eigenvalue weighted by Gasteiger charge is -2.04. The van der Waals surface area contributed by atoms with Crippen molar-refractivity contribution in [2.75, 3.05) is 5.75 Å². The van der Waals surface area contributed by atoms with Gasteiger partial charge in [0, 0.05) is 4.90 Å². The number of thioether (sulfide) groups is 1. The molecule has 0 aliphatic carbocycles. The van der Waals surface area contributed by atoms with Gasteiger partial charge < -0.3 is 0 Å². The van der Waals surface area contributed by atoms with Gasteiger partial charge in [-0.3, -0.25) is 0 Å². The van der Waals surface area contributed by atoms with Gasteiger partial charge in [0.2, 0.25) is 0 Å². The Morgan fingerprint density at radius 1 is 0.538 bits per heavy atom. The molecule has 0 fully saturated rings. The third kappa shape index (κ3) is 14.7. The molecule has 0 aromatic heterocycles. The summed E-state index contributed by atoms with van der Waals surface area (Å²) in [6.45, 7) is 4.45. The van der Waals surface area contributed by atoms with Crippen LogP contribution < -0.4 is 0 Å². The summed E-state index contributed by atoms with van der Waals surface area (Å²) >= 11 is 2.02. The second kappa shape index (κ2) is 18.0.